The van der Waals surface area contributed by atoms with Gasteiger partial charge in [0.2, 0.25) is 0 Å². The summed E-state index contributed by atoms with van der Waals surface area (Å²) >= 11 is 0. The molecule has 19 heavy (non-hydrogen) atoms. The Labute approximate surface area is 112 Å². The maximum Gasteiger partial charge on any atom is 0.257 e. The molecule has 0 unspecified atom stereocenters. The summed E-state index contributed by atoms with van der Waals surface area (Å²) in [6, 6.07) is 7.06. The first-order valence-corrected chi connectivity index (χ1v) is 6.23. The van der Waals surface area contributed by atoms with Crippen molar-refractivity contribution >= 4 is 11.7 Å². The van der Waals surface area contributed by atoms with Crippen molar-refractivity contribution in [2.45, 2.75) is 20.3 Å². The first-order valence-electron chi connectivity index (χ1n) is 6.23. The van der Waals surface area contributed by atoms with E-state index in [2.05, 4.69) is 5.32 Å². The summed E-state index contributed by atoms with van der Waals surface area (Å²) < 4.78 is 10.6. The van der Waals surface area contributed by atoms with Gasteiger partial charge in [0.1, 0.15) is 17.3 Å². The predicted octanol–water partition coefficient (Wildman–Crippen LogP) is 1.56. The number of hydrogen-bond donors (Lipinski definition) is 1. The average Bonchev–Trinajstić information content (AvgIpc) is 2.38. The number of carbonyl (C=O) groups is 2. The molecule has 5 nitrogen and oxygen atoms in total. The minimum absolute atomic E-state index is 0.0488. The summed E-state index contributed by atoms with van der Waals surface area (Å²) in [5.41, 5.74) is 0. The van der Waals surface area contributed by atoms with Gasteiger partial charge in [0, 0.05) is 13.0 Å². The molecule has 0 saturated heterocycles. The minimum atomic E-state index is -0.241. The topological polar surface area (TPSA) is 64.6 Å². The quantitative estimate of drug-likeness (QED) is 0.774. The van der Waals surface area contributed by atoms with Crippen LogP contribution in [-0.2, 0) is 9.59 Å². The molecule has 1 amide bonds. The Hall–Kier alpha value is -2.04. The third-order valence-electron chi connectivity index (χ3n) is 2.30. The van der Waals surface area contributed by atoms with Crippen LogP contribution in [-0.4, -0.2) is 31.4 Å². The van der Waals surface area contributed by atoms with Gasteiger partial charge in [0.15, 0.2) is 6.61 Å². The highest BCUT2D eigenvalue weighted by Gasteiger charge is 2.03. The molecule has 0 spiro atoms. The Kier molecular flexibility index (Phi) is 6.43. The van der Waals surface area contributed by atoms with Gasteiger partial charge in [0.05, 0.1) is 6.61 Å². The lowest BCUT2D eigenvalue weighted by Crippen LogP contribution is -2.30. The number of nitrogens with one attached hydrogen (secondary N) is 1. The van der Waals surface area contributed by atoms with Crippen molar-refractivity contribution in [2.24, 2.45) is 0 Å². The maximum atomic E-state index is 11.4. The predicted molar refractivity (Wildman–Crippen MR) is 71.4 cm³/mol. The second-order valence-electron chi connectivity index (χ2n) is 4.00. The lowest BCUT2D eigenvalue weighted by molar-refractivity contribution is -0.123. The number of ketones is 1. The van der Waals surface area contributed by atoms with Crippen LogP contribution in [0.5, 0.6) is 11.5 Å². The van der Waals surface area contributed by atoms with Crippen molar-refractivity contribution in [3.8, 4) is 11.5 Å². The second-order valence-corrected chi connectivity index (χ2v) is 4.00. The standard InChI is InChI=1S/C14H19NO4/c1-3-18-12-4-6-13(7-5-12)19-10-14(17)15-9-8-11(2)16/h4-7H,3,8-10H2,1-2H3,(H,15,17). The molecule has 0 radical (unpaired) electrons. The van der Waals surface area contributed by atoms with Crippen LogP contribution >= 0.6 is 0 Å². The van der Waals surface area contributed by atoms with E-state index in [1.165, 1.54) is 6.92 Å². The lowest BCUT2D eigenvalue weighted by atomic mass is 10.3. The third kappa shape index (κ3) is 6.45. The van der Waals surface area contributed by atoms with E-state index in [1.807, 2.05) is 6.92 Å². The van der Waals surface area contributed by atoms with Gasteiger partial charge in [-0.25, -0.2) is 0 Å². The zero-order valence-electron chi connectivity index (χ0n) is 11.3. The first-order chi connectivity index (χ1) is 9.11. The van der Waals surface area contributed by atoms with Crippen molar-refractivity contribution in [3.05, 3.63) is 24.3 Å². The number of rotatable bonds is 8. The van der Waals surface area contributed by atoms with E-state index in [-0.39, 0.29) is 18.3 Å². The maximum absolute atomic E-state index is 11.4. The molecule has 0 bridgehead atoms. The molecule has 1 rings (SSSR count). The molecule has 5 heteroatoms. The molecule has 0 aliphatic rings. The number of ether oxygens (including phenoxy) is 2. The summed E-state index contributed by atoms with van der Waals surface area (Å²) in [6.45, 7) is 4.30. The monoisotopic (exact) mass is 265 g/mol. The Balaban J connectivity index is 2.27. The molecule has 0 aromatic heterocycles. The summed E-state index contributed by atoms with van der Waals surface area (Å²) in [6.07, 6.45) is 0.342. The van der Waals surface area contributed by atoms with E-state index >= 15 is 0 Å². The van der Waals surface area contributed by atoms with Gasteiger partial charge in [-0.2, -0.15) is 0 Å². The van der Waals surface area contributed by atoms with E-state index in [4.69, 9.17) is 9.47 Å². The molecule has 0 saturated carbocycles. The van der Waals surface area contributed by atoms with Crippen molar-refractivity contribution in [3.63, 3.8) is 0 Å². The van der Waals surface area contributed by atoms with Crippen molar-refractivity contribution in [1.82, 2.24) is 5.32 Å². The van der Waals surface area contributed by atoms with Crippen LogP contribution in [0.15, 0.2) is 24.3 Å². The zero-order valence-corrected chi connectivity index (χ0v) is 11.3. The van der Waals surface area contributed by atoms with Crippen LogP contribution in [0.4, 0.5) is 0 Å². The Morgan fingerprint density at radius 3 is 2.21 bits per heavy atom. The number of amides is 1. The number of hydrogen-bond acceptors (Lipinski definition) is 4. The molecule has 104 valence electrons. The van der Waals surface area contributed by atoms with Gasteiger partial charge < -0.3 is 14.8 Å². The largest absolute Gasteiger partial charge is 0.494 e. The van der Waals surface area contributed by atoms with Crippen molar-refractivity contribution in [2.75, 3.05) is 19.8 Å². The van der Waals surface area contributed by atoms with Gasteiger partial charge in [-0.3, -0.25) is 9.59 Å². The average molecular weight is 265 g/mol. The molecular weight excluding hydrogens is 246 g/mol. The second kappa shape index (κ2) is 8.13. The van der Waals surface area contributed by atoms with Crippen LogP contribution in [0.3, 0.4) is 0 Å². The van der Waals surface area contributed by atoms with Gasteiger partial charge in [-0.05, 0) is 38.1 Å². The normalized spacial score (nSPS) is 9.79. The lowest BCUT2D eigenvalue weighted by Gasteiger charge is -2.08. The van der Waals surface area contributed by atoms with Gasteiger partial charge in [0.25, 0.3) is 5.91 Å². The van der Waals surface area contributed by atoms with Gasteiger partial charge >= 0.3 is 0 Å². The third-order valence-corrected chi connectivity index (χ3v) is 2.30. The zero-order chi connectivity index (χ0) is 14.1. The van der Waals surface area contributed by atoms with Gasteiger partial charge in [-0.1, -0.05) is 0 Å². The molecular formula is C14H19NO4. The van der Waals surface area contributed by atoms with Crippen LogP contribution in [0.2, 0.25) is 0 Å². The first kappa shape index (κ1) is 15.0. The molecule has 0 fully saturated rings. The summed E-state index contributed by atoms with van der Waals surface area (Å²) in [5.74, 6) is 1.17. The van der Waals surface area contributed by atoms with Crippen molar-refractivity contribution in [1.29, 1.82) is 0 Å². The summed E-state index contributed by atoms with van der Waals surface area (Å²) in [7, 11) is 0. The van der Waals surface area contributed by atoms with Crippen LogP contribution in [0.1, 0.15) is 20.3 Å². The minimum Gasteiger partial charge on any atom is -0.494 e. The van der Waals surface area contributed by atoms with E-state index in [9.17, 15) is 9.59 Å². The fourth-order valence-electron chi connectivity index (χ4n) is 1.38. The molecule has 0 atom stereocenters. The summed E-state index contributed by atoms with van der Waals surface area (Å²) in [4.78, 5) is 22.1. The highest BCUT2D eigenvalue weighted by molar-refractivity contribution is 5.79. The molecule has 0 heterocycles. The van der Waals surface area contributed by atoms with Crippen LogP contribution < -0.4 is 14.8 Å². The molecule has 0 aliphatic heterocycles. The number of carbonyl (C=O) groups excluding carboxylic acids is 2. The number of benzene rings is 1. The Morgan fingerprint density at radius 1 is 1.11 bits per heavy atom. The van der Waals surface area contributed by atoms with E-state index in [0.29, 0.717) is 25.3 Å². The highest BCUT2D eigenvalue weighted by Crippen LogP contribution is 2.17. The van der Waals surface area contributed by atoms with Crippen molar-refractivity contribution < 1.29 is 19.1 Å². The fraction of sp³-hybridized carbons (Fsp3) is 0.429. The van der Waals surface area contributed by atoms with Crippen LogP contribution in [0, 0.1) is 0 Å². The molecule has 1 N–H and O–H groups in total. The Morgan fingerprint density at radius 2 is 1.68 bits per heavy atom. The van der Waals surface area contributed by atoms with E-state index in [1.54, 1.807) is 24.3 Å². The smallest absolute Gasteiger partial charge is 0.257 e. The SMILES string of the molecule is CCOc1ccc(OCC(=O)NCCC(C)=O)cc1. The highest BCUT2D eigenvalue weighted by atomic mass is 16.5. The molecule has 1 aromatic carbocycles. The molecule has 1 aromatic rings. The van der Waals surface area contributed by atoms with E-state index in [0.717, 1.165) is 5.75 Å². The van der Waals surface area contributed by atoms with Gasteiger partial charge in [-0.15, -0.1) is 0 Å². The van der Waals surface area contributed by atoms with E-state index < -0.39 is 0 Å². The Bertz CT molecular complexity index is 414. The number of Topliss-reactive ketones (excluding diaryl/α,β-unsaturated/α-hetero) is 1. The summed E-state index contributed by atoms with van der Waals surface area (Å²) in [5, 5.41) is 2.61. The molecule has 0 aliphatic carbocycles. The van der Waals surface area contributed by atoms with Crippen LogP contribution in [0.25, 0.3) is 0 Å². The fourth-order valence-corrected chi connectivity index (χ4v) is 1.38.